The topological polar surface area (TPSA) is 142 Å². The minimum Gasteiger partial charge on any atom is -0.397 e. The van der Waals surface area contributed by atoms with E-state index in [1.54, 1.807) is 48.5 Å². The van der Waals surface area contributed by atoms with Crippen LogP contribution in [0.15, 0.2) is 78.9 Å². The highest BCUT2D eigenvalue weighted by molar-refractivity contribution is 7.21. The molecule has 0 fully saturated rings. The summed E-state index contributed by atoms with van der Waals surface area (Å²) >= 11 is 7.06. The lowest BCUT2D eigenvalue weighted by molar-refractivity contribution is -0.384. The number of aromatic nitrogens is 1. The molecular formula is C26H15ClN4O5S. The number of hydrogen-bond donors (Lipinski definition) is 1. The van der Waals surface area contributed by atoms with Crippen molar-refractivity contribution in [3.63, 3.8) is 0 Å². The van der Waals surface area contributed by atoms with E-state index in [1.807, 2.05) is 0 Å². The maximum Gasteiger partial charge on any atom is 0.277 e. The molecule has 0 aliphatic heterocycles. The Labute approximate surface area is 218 Å². The third-order valence-electron chi connectivity index (χ3n) is 5.76. The predicted octanol–water partition coefficient (Wildman–Crippen LogP) is 6.91. The monoisotopic (exact) mass is 530 g/mol. The molecule has 0 unspecified atom stereocenters. The van der Waals surface area contributed by atoms with Crippen LogP contribution in [0.3, 0.4) is 0 Å². The van der Waals surface area contributed by atoms with E-state index in [0.717, 1.165) is 11.3 Å². The van der Waals surface area contributed by atoms with E-state index in [4.69, 9.17) is 22.3 Å². The van der Waals surface area contributed by atoms with Crippen LogP contribution in [0.2, 0.25) is 5.02 Å². The number of pyridine rings is 1. The van der Waals surface area contributed by atoms with Crippen molar-refractivity contribution in [3.05, 3.63) is 115 Å². The zero-order valence-electron chi connectivity index (χ0n) is 18.8. The second-order valence-corrected chi connectivity index (χ2v) is 9.43. The number of halogens is 1. The van der Waals surface area contributed by atoms with Crippen molar-refractivity contribution in [2.45, 2.75) is 0 Å². The smallest absolute Gasteiger partial charge is 0.277 e. The summed E-state index contributed by atoms with van der Waals surface area (Å²) < 4.78 is 0. The quantitative estimate of drug-likeness (QED) is 0.143. The lowest BCUT2D eigenvalue weighted by atomic mass is 9.97. The SMILES string of the molecule is Nc1c(C(=O)c2cccc([N+](=O)[O-])c2)sc2nc(-c3ccc(Cl)cc3)cc(-c3ccccc3[N+](=O)[O-])c12. The molecule has 11 heteroatoms. The standard InChI is InChI=1S/C26H15ClN4O5S/c27-16-10-8-14(9-11-16)20-13-19(18-6-1-2-7-21(18)31(35)36)22-23(28)25(37-26(22)29-20)24(32)15-4-3-5-17(12-15)30(33)34/h1-13H,28H2. The van der Waals surface area contributed by atoms with E-state index in [1.165, 1.54) is 30.3 Å². The number of hydrogen-bond acceptors (Lipinski definition) is 8. The van der Waals surface area contributed by atoms with Crippen molar-refractivity contribution >= 4 is 56.0 Å². The van der Waals surface area contributed by atoms with Crippen molar-refractivity contribution in [1.29, 1.82) is 0 Å². The number of fused-ring (bicyclic) bond motifs is 1. The predicted molar refractivity (Wildman–Crippen MR) is 143 cm³/mol. The second kappa shape index (κ2) is 9.41. The van der Waals surface area contributed by atoms with Gasteiger partial charge in [-0.3, -0.25) is 25.0 Å². The van der Waals surface area contributed by atoms with Gasteiger partial charge in [-0.1, -0.05) is 48.0 Å². The molecule has 2 heterocycles. The number of carbonyl (C=O) groups is 1. The average molecular weight is 531 g/mol. The number of rotatable bonds is 6. The molecule has 0 saturated heterocycles. The second-order valence-electron chi connectivity index (χ2n) is 8.00. The largest absolute Gasteiger partial charge is 0.397 e. The zero-order chi connectivity index (χ0) is 26.3. The molecule has 2 N–H and O–H groups in total. The number of para-hydroxylation sites is 1. The van der Waals surface area contributed by atoms with E-state index >= 15 is 0 Å². The third kappa shape index (κ3) is 4.39. The minimum atomic E-state index is -0.586. The van der Waals surface area contributed by atoms with Crippen molar-refractivity contribution in [2.75, 3.05) is 5.73 Å². The molecule has 0 bridgehead atoms. The Morgan fingerprint density at radius 3 is 2.32 bits per heavy atom. The highest BCUT2D eigenvalue weighted by Gasteiger charge is 2.26. The maximum atomic E-state index is 13.4. The summed E-state index contributed by atoms with van der Waals surface area (Å²) in [6.45, 7) is 0. The molecule has 5 aromatic rings. The molecular weight excluding hydrogens is 516 g/mol. The van der Waals surface area contributed by atoms with Crippen LogP contribution >= 0.6 is 22.9 Å². The van der Waals surface area contributed by atoms with Gasteiger partial charge in [0.1, 0.15) is 9.71 Å². The fourth-order valence-electron chi connectivity index (χ4n) is 4.02. The Bertz CT molecular complexity index is 1730. The normalized spacial score (nSPS) is 10.9. The van der Waals surface area contributed by atoms with Gasteiger partial charge in [-0.2, -0.15) is 0 Å². The van der Waals surface area contributed by atoms with Crippen molar-refractivity contribution in [1.82, 2.24) is 4.98 Å². The van der Waals surface area contributed by atoms with E-state index in [9.17, 15) is 25.0 Å². The molecule has 0 atom stereocenters. The van der Waals surface area contributed by atoms with Crippen molar-refractivity contribution in [3.8, 4) is 22.4 Å². The number of thiophene rings is 1. The summed E-state index contributed by atoms with van der Waals surface area (Å²) in [6, 6.07) is 20.2. The van der Waals surface area contributed by atoms with E-state index in [2.05, 4.69) is 0 Å². The van der Waals surface area contributed by atoms with Crippen LogP contribution in [0.25, 0.3) is 32.6 Å². The molecule has 182 valence electrons. The number of nitrogens with two attached hydrogens (primary N) is 1. The first-order chi connectivity index (χ1) is 17.7. The number of nitro groups is 2. The van der Waals surface area contributed by atoms with Gasteiger partial charge in [0.05, 0.1) is 26.8 Å². The molecule has 0 amide bonds. The van der Waals surface area contributed by atoms with Crippen LogP contribution in [0.5, 0.6) is 0 Å². The molecule has 9 nitrogen and oxygen atoms in total. The molecule has 0 spiro atoms. The van der Waals surface area contributed by atoms with Crippen LogP contribution in [0.1, 0.15) is 15.2 Å². The number of carbonyl (C=O) groups excluding carboxylic acids is 1. The average Bonchev–Trinajstić information content (AvgIpc) is 3.24. The van der Waals surface area contributed by atoms with E-state index in [0.29, 0.717) is 37.6 Å². The Morgan fingerprint density at radius 2 is 1.62 bits per heavy atom. The maximum absolute atomic E-state index is 13.4. The Morgan fingerprint density at radius 1 is 0.892 bits per heavy atom. The molecule has 5 rings (SSSR count). The summed E-state index contributed by atoms with van der Waals surface area (Å²) in [5.41, 5.74) is 8.28. The van der Waals surface area contributed by atoms with E-state index in [-0.39, 0.29) is 27.5 Å². The van der Waals surface area contributed by atoms with Gasteiger partial charge in [0.25, 0.3) is 11.4 Å². The summed E-state index contributed by atoms with van der Waals surface area (Å²) in [4.78, 5) is 40.6. The number of nitro benzene ring substituents is 2. The van der Waals surface area contributed by atoms with Gasteiger partial charge in [-0.05, 0) is 24.3 Å². The first-order valence-corrected chi connectivity index (χ1v) is 12.0. The fourth-order valence-corrected chi connectivity index (χ4v) is 5.23. The van der Waals surface area contributed by atoms with Gasteiger partial charge in [0, 0.05) is 45.3 Å². The van der Waals surface area contributed by atoms with Crippen LogP contribution in [0.4, 0.5) is 17.1 Å². The lowest BCUT2D eigenvalue weighted by Gasteiger charge is -2.09. The van der Waals surface area contributed by atoms with Gasteiger partial charge in [0.15, 0.2) is 0 Å². The fraction of sp³-hybridized carbons (Fsp3) is 0. The van der Waals surface area contributed by atoms with Crippen molar-refractivity contribution < 1.29 is 14.6 Å². The van der Waals surface area contributed by atoms with Gasteiger partial charge in [-0.25, -0.2) is 4.98 Å². The number of nitrogens with zero attached hydrogens (tertiary/aromatic N) is 3. The number of benzene rings is 3. The first kappa shape index (κ1) is 24.0. The molecule has 0 radical (unpaired) electrons. The number of anilines is 1. The summed E-state index contributed by atoms with van der Waals surface area (Å²) in [5.74, 6) is -0.509. The minimum absolute atomic E-state index is 0.0950. The molecule has 2 aromatic heterocycles. The summed E-state index contributed by atoms with van der Waals surface area (Å²) in [7, 11) is 0. The number of nitrogen functional groups attached to an aromatic ring is 1. The van der Waals surface area contributed by atoms with Crippen LogP contribution in [-0.4, -0.2) is 20.6 Å². The summed E-state index contributed by atoms with van der Waals surface area (Å²) in [6.07, 6.45) is 0. The van der Waals surface area contributed by atoms with Crippen LogP contribution in [-0.2, 0) is 0 Å². The van der Waals surface area contributed by atoms with Crippen molar-refractivity contribution in [2.24, 2.45) is 0 Å². The summed E-state index contributed by atoms with van der Waals surface area (Å²) in [5, 5.41) is 24.0. The zero-order valence-corrected chi connectivity index (χ0v) is 20.3. The van der Waals surface area contributed by atoms with Crippen LogP contribution < -0.4 is 5.73 Å². The number of non-ortho nitro benzene ring substituents is 1. The van der Waals surface area contributed by atoms with Gasteiger partial charge in [-0.15, -0.1) is 11.3 Å². The third-order valence-corrected chi connectivity index (χ3v) is 7.11. The molecule has 3 aromatic carbocycles. The number of ketones is 1. The molecule has 0 aliphatic rings. The molecule has 0 saturated carbocycles. The highest BCUT2D eigenvalue weighted by Crippen LogP contribution is 2.44. The van der Waals surface area contributed by atoms with Gasteiger partial charge >= 0.3 is 0 Å². The van der Waals surface area contributed by atoms with Gasteiger partial charge in [0.2, 0.25) is 5.78 Å². The molecule has 37 heavy (non-hydrogen) atoms. The lowest BCUT2D eigenvalue weighted by Crippen LogP contribution is -2.03. The Balaban J connectivity index is 1.78. The Hall–Kier alpha value is -4.67. The first-order valence-electron chi connectivity index (χ1n) is 10.8. The Kier molecular flexibility index (Phi) is 6.12. The van der Waals surface area contributed by atoms with Crippen LogP contribution in [0, 0.1) is 20.2 Å². The van der Waals surface area contributed by atoms with E-state index < -0.39 is 15.6 Å². The van der Waals surface area contributed by atoms with Gasteiger partial charge < -0.3 is 5.73 Å². The molecule has 0 aliphatic carbocycles. The highest BCUT2D eigenvalue weighted by atomic mass is 35.5.